The lowest BCUT2D eigenvalue weighted by molar-refractivity contribution is -0.149. The zero-order chi connectivity index (χ0) is 11.1. The van der Waals surface area contributed by atoms with Crippen LogP contribution in [-0.2, 0) is 9.53 Å². The summed E-state index contributed by atoms with van der Waals surface area (Å²) in [4.78, 5) is 11.5. The fourth-order valence-corrected chi connectivity index (χ4v) is 2.04. The van der Waals surface area contributed by atoms with E-state index in [1.165, 1.54) is 0 Å². The highest BCUT2D eigenvalue weighted by Gasteiger charge is 2.26. The molecule has 1 aliphatic carbocycles. The molecule has 0 aromatic carbocycles. The molecule has 0 spiro atoms. The third-order valence-corrected chi connectivity index (χ3v) is 2.90. The Morgan fingerprint density at radius 3 is 2.67 bits per heavy atom. The monoisotopic (exact) mass is 211 g/mol. The highest BCUT2D eigenvalue weighted by atomic mass is 16.5. The van der Waals surface area contributed by atoms with Gasteiger partial charge in [0.1, 0.15) is 0 Å². The van der Waals surface area contributed by atoms with Gasteiger partial charge in [-0.1, -0.05) is 6.08 Å². The number of ether oxygens (including phenoxy) is 1. The number of hydrogen-bond acceptors (Lipinski definition) is 3. The normalized spacial score (nSPS) is 25.9. The van der Waals surface area contributed by atoms with E-state index in [1.807, 2.05) is 13.0 Å². The van der Waals surface area contributed by atoms with E-state index in [9.17, 15) is 4.79 Å². The maximum Gasteiger partial charge on any atom is 0.308 e. The van der Waals surface area contributed by atoms with E-state index in [2.05, 4.69) is 11.9 Å². The van der Waals surface area contributed by atoms with Gasteiger partial charge < -0.3 is 10.1 Å². The van der Waals surface area contributed by atoms with Crippen molar-refractivity contribution in [3.05, 3.63) is 12.7 Å². The quantitative estimate of drug-likeness (QED) is 0.557. The molecule has 1 fully saturated rings. The molecule has 0 aromatic rings. The van der Waals surface area contributed by atoms with E-state index in [0.717, 1.165) is 32.2 Å². The summed E-state index contributed by atoms with van der Waals surface area (Å²) < 4.78 is 5.02. The number of carbonyl (C=O) groups is 1. The molecule has 3 nitrogen and oxygen atoms in total. The van der Waals surface area contributed by atoms with Crippen LogP contribution < -0.4 is 5.32 Å². The number of carbonyl (C=O) groups excluding carboxylic acids is 1. The van der Waals surface area contributed by atoms with E-state index >= 15 is 0 Å². The first-order chi connectivity index (χ1) is 7.27. The van der Waals surface area contributed by atoms with Crippen LogP contribution in [0.3, 0.4) is 0 Å². The molecule has 15 heavy (non-hydrogen) atoms. The Morgan fingerprint density at radius 1 is 1.47 bits per heavy atom. The summed E-state index contributed by atoms with van der Waals surface area (Å²) in [5, 5.41) is 3.39. The minimum atomic E-state index is -0.0142. The van der Waals surface area contributed by atoms with Gasteiger partial charge in [0, 0.05) is 12.6 Å². The molecule has 1 aliphatic rings. The minimum Gasteiger partial charge on any atom is -0.466 e. The van der Waals surface area contributed by atoms with Crippen LogP contribution in [-0.4, -0.2) is 25.2 Å². The highest BCUT2D eigenvalue weighted by Crippen LogP contribution is 2.25. The van der Waals surface area contributed by atoms with Gasteiger partial charge in [-0.15, -0.1) is 6.58 Å². The van der Waals surface area contributed by atoms with E-state index < -0.39 is 0 Å². The van der Waals surface area contributed by atoms with Crippen molar-refractivity contribution >= 4 is 5.97 Å². The van der Waals surface area contributed by atoms with Gasteiger partial charge in [0.25, 0.3) is 0 Å². The Bertz CT molecular complexity index is 208. The molecule has 1 rings (SSSR count). The summed E-state index contributed by atoms with van der Waals surface area (Å²) in [5.41, 5.74) is 0. The van der Waals surface area contributed by atoms with Crippen LogP contribution in [0.15, 0.2) is 12.7 Å². The summed E-state index contributed by atoms with van der Waals surface area (Å²) in [6.45, 7) is 6.88. The van der Waals surface area contributed by atoms with Crippen LogP contribution in [0.2, 0.25) is 0 Å². The summed E-state index contributed by atoms with van der Waals surface area (Å²) in [5.74, 6) is 0.117. The summed E-state index contributed by atoms with van der Waals surface area (Å²) in [7, 11) is 0. The van der Waals surface area contributed by atoms with Crippen molar-refractivity contribution in [2.24, 2.45) is 5.92 Å². The van der Waals surface area contributed by atoms with Crippen molar-refractivity contribution < 1.29 is 9.53 Å². The van der Waals surface area contributed by atoms with Crippen LogP contribution in [0, 0.1) is 5.92 Å². The Labute approximate surface area is 91.9 Å². The number of esters is 1. The lowest BCUT2D eigenvalue weighted by Gasteiger charge is -2.27. The van der Waals surface area contributed by atoms with Crippen molar-refractivity contribution in [2.45, 2.75) is 38.6 Å². The fraction of sp³-hybridized carbons (Fsp3) is 0.750. The molecule has 0 unspecified atom stereocenters. The molecule has 1 N–H and O–H groups in total. The molecule has 1 saturated carbocycles. The van der Waals surface area contributed by atoms with Gasteiger partial charge in [0.05, 0.1) is 12.5 Å². The third-order valence-electron chi connectivity index (χ3n) is 2.90. The summed E-state index contributed by atoms with van der Waals surface area (Å²) in [6.07, 6.45) is 5.91. The van der Waals surface area contributed by atoms with Crippen molar-refractivity contribution in [1.29, 1.82) is 0 Å². The molecular weight excluding hydrogens is 190 g/mol. The second-order valence-electron chi connectivity index (χ2n) is 4.00. The average Bonchev–Trinajstić information content (AvgIpc) is 2.27. The Balaban J connectivity index is 2.23. The second-order valence-corrected chi connectivity index (χ2v) is 4.00. The highest BCUT2D eigenvalue weighted by molar-refractivity contribution is 5.72. The van der Waals surface area contributed by atoms with Gasteiger partial charge in [0.2, 0.25) is 0 Å². The van der Waals surface area contributed by atoms with Gasteiger partial charge >= 0.3 is 5.97 Å². The van der Waals surface area contributed by atoms with Crippen molar-refractivity contribution in [1.82, 2.24) is 5.32 Å². The molecule has 0 heterocycles. The first-order valence-corrected chi connectivity index (χ1v) is 5.78. The minimum absolute atomic E-state index is 0.0142. The maximum atomic E-state index is 11.5. The molecule has 0 amide bonds. The Kier molecular flexibility index (Phi) is 5.40. The third kappa shape index (κ3) is 4.04. The average molecular weight is 211 g/mol. The zero-order valence-electron chi connectivity index (χ0n) is 9.50. The van der Waals surface area contributed by atoms with Gasteiger partial charge in [-0.05, 0) is 32.6 Å². The van der Waals surface area contributed by atoms with Crippen molar-refractivity contribution in [2.75, 3.05) is 13.2 Å². The van der Waals surface area contributed by atoms with Crippen LogP contribution >= 0.6 is 0 Å². The molecule has 0 bridgehead atoms. The summed E-state index contributed by atoms with van der Waals surface area (Å²) in [6, 6.07) is 0.550. The van der Waals surface area contributed by atoms with E-state index in [-0.39, 0.29) is 11.9 Å². The number of nitrogens with one attached hydrogen (secondary N) is 1. The molecule has 0 aliphatic heterocycles. The lowest BCUT2D eigenvalue weighted by atomic mass is 9.86. The largest absolute Gasteiger partial charge is 0.466 e. The van der Waals surface area contributed by atoms with Crippen LogP contribution in [0.4, 0.5) is 0 Å². The number of hydrogen-bond donors (Lipinski definition) is 1. The predicted molar refractivity (Wildman–Crippen MR) is 60.6 cm³/mol. The molecule has 0 radical (unpaired) electrons. The van der Waals surface area contributed by atoms with Gasteiger partial charge in [-0.25, -0.2) is 0 Å². The molecule has 86 valence electrons. The maximum absolute atomic E-state index is 11.5. The van der Waals surface area contributed by atoms with E-state index in [1.54, 1.807) is 0 Å². The van der Waals surface area contributed by atoms with Crippen LogP contribution in [0.5, 0.6) is 0 Å². The number of rotatable bonds is 5. The van der Waals surface area contributed by atoms with E-state index in [0.29, 0.717) is 12.6 Å². The predicted octanol–water partition coefficient (Wildman–Crippen LogP) is 1.88. The standard InChI is InChI=1S/C12H21NO2/c1-3-9-13-11-7-5-10(6-8-11)12(14)15-4-2/h3,10-11,13H,1,4-9H2,2H3. The molecule has 0 atom stereocenters. The zero-order valence-corrected chi connectivity index (χ0v) is 9.50. The Hall–Kier alpha value is -0.830. The first kappa shape index (κ1) is 12.2. The first-order valence-electron chi connectivity index (χ1n) is 5.78. The van der Waals surface area contributed by atoms with Crippen molar-refractivity contribution in [3.8, 4) is 0 Å². The van der Waals surface area contributed by atoms with Crippen LogP contribution in [0.25, 0.3) is 0 Å². The van der Waals surface area contributed by atoms with Crippen LogP contribution in [0.1, 0.15) is 32.6 Å². The lowest BCUT2D eigenvalue weighted by Crippen LogP contribution is -2.35. The molecular formula is C12H21NO2. The smallest absolute Gasteiger partial charge is 0.308 e. The van der Waals surface area contributed by atoms with Gasteiger partial charge in [0.15, 0.2) is 0 Å². The molecule has 0 aromatic heterocycles. The van der Waals surface area contributed by atoms with Gasteiger partial charge in [-0.3, -0.25) is 4.79 Å². The summed E-state index contributed by atoms with van der Waals surface area (Å²) >= 11 is 0. The SMILES string of the molecule is C=CCNC1CCC(C(=O)OCC)CC1. The van der Waals surface area contributed by atoms with Crippen molar-refractivity contribution in [3.63, 3.8) is 0 Å². The van der Waals surface area contributed by atoms with E-state index in [4.69, 9.17) is 4.74 Å². The fourth-order valence-electron chi connectivity index (χ4n) is 2.04. The Morgan fingerprint density at radius 2 is 2.13 bits per heavy atom. The topological polar surface area (TPSA) is 38.3 Å². The second kappa shape index (κ2) is 6.62. The van der Waals surface area contributed by atoms with Gasteiger partial charge in [-0.2, -0.15) is 0 Å². The molecule has 3 heteroatoms. The molecule has 0 saturated heterocycles.